The first-order valence-corrected chi connectivity index (χ1v) is 8.21. The summed E-state index contributed by atoms with van der Waals surface area (Å²) < 4.78 is 0. The molecule has 1 unspecified atom stereocenters. The largest absolute Gasteiger partial charge is 0.316 e. The highest BCUT2D eigenvalue weighted by Gasteiger charge is 2.20. The van der Waals surface area contributed by atoms with E-state index in [1.807, 2.05) is 12.1 Å². The molecule has 1 aromatic rings. The molecule has 1 aliphatic rings. The summed E-state index contributed by atoms with van der Waals surface area (Å²) in [5, 5.41) is 4.83. The van der Waals surface area contributed by atoms with Gasteiger partial charge < -0.3 is 5.32 Å². The van der Waals surface area contributed by atoms with Crippen LogP contribution in [0, 0.1) is 5.92 Å². The zero-order chi connectivity index (χ0) is 14.5. The zero-order valence-electron chi connectivity index (χ0n) is 12.3. The molecule has 0 spiro atoms. The second kappa shape index (κ2) is 7.65. The standard InChI is InChI=1S/C16H24Cl2N2/c1-12(2)20(10-13-5-4-8-19-9-13)11-14-6-3-7-15(17)16(14)18/h3,6-7,12-13,19H,4-5,8-11H2,1-2H3. The summed E-state index contributed by atoms with van der Waals surface area (Å²) in [6, 6.07) is 6.40. The Morgan fingerprint density at radius 2 is 2.15 bits per heavy atom. The lowest BCUT2D eigenvalue weighted by Gasteiger charge is -2.33. The minimum Gasteiger partial charge on any atom is -0.316 e. The average Bonchev–Trinajstić information content (AvgIpc) is 2.44. The monoisotopic (exact) mass is 314 g/mol. The summed E-state index contributed by atoms with van der Waals surface area (Å²) >= 11 is 12.4. The van der Waals surface area contributed by atoms with Crippen LogP contribution in [0.15, 0.2) is 18.2 Å². The molecule has 0 aromatic heterocycles. The van der Waals surface area contributed by atoms with Crippen LogP contribution in [0.3, 0.4) is 0 Å². The minimum absolute atomic E-state index is 0.506. The molecule has 2 nitrogen and oxygen atoms in total. The van der Waals surface area contributed by atoms with E-state index in [4.69, 9.17) is 23.2 Å². The van der Waals surface area contributed by atoms with E-state index in [-0.39, 0.29) is 0 Å². The Balaban J connectivity index is 2.03. The SMILES string of the molecule is CC(C)N(Cc1cccc(Cl)c1Cl)CC1CCCNC1. The molecule has 0 amide bonds. The van der Waals surface area contributed by atoms with Crippen LogP contribution in [0.5, 0.6) is 0 Å². The first-order valence-electron chi connectivity index (χ1n) is 7.45. The van der Waals surface area contributed by atoms with Crippen molar-refractivity contribution >= 4 is 23.2 Å². The van der Waals surface area contributed by atoms with E-state index in [2.05, 4.69) is 30.1 Å². The quantitative estimate of drug-likeness (QED) is 0.876. The first kappa shape index (κ1) is 16.1. The molecule has 112 valence electrons. The van der Waals surface area contributed by atoms with Crippen molar-refractivity contribution in [2.45, 2.75) is 39.3 Å². The molecular weight excluding hydrogens is 291 g/mol. The normalized spacial score (nSPS) is 19.8. The molecule has 1 saturated heterocycles. The van der Waals surface area contributed by atoms with E-state index in [1.165, 1.54) is 12.8 Å². The topological polar surface area (TPSA) is 15.3 Å². The third-order valence-electron chi connectivity index (χ3n) is 4.03. The van der Waals surface area contributed by atoms with Crippen molar-refractivity contribution in [3.8, 4) is 0 Å². The number of benzene rings is 1. The van der Waals surface area contributed by atoms with Gasteiger partial charge in [0.2, 0.25) is 0 Å². The van der Waals surface area contributed by atoms with Crippen molar-refractivity contribution < 1.29 is 0 Å². The van der Waals surface area contributed by atoms with Crippen molar-refractivity contribution in [1.29, 1.82) is 0 Å². The van der Waals surface area contributed by atoms with Gasteiger partial charge in [0.1, 0.15) is 0 Å². The summed E-state index contributed by atoms with van der Waals surface area (Å²) in [5.41, 5.74) is 1.12. The third kappa shape index (κ3) is 4.36. The van der Waals surface area contributed by atoms with Crippen LogP contribution in [0.1, 0.15) is 32.3 Å². The highest BCUT2D eigenvalue weighted by Crippen LogP contribution is 2.27. The molecule has 1 fully saturated rings. The lowest BCUT2D eigenvalue weighted by atomic mass is 9.98. The second-order valence-electron chi connectivity index (χ2n) is 5.95. The number of piperidine rings is 1. The molecule has 20 heavy (non-hydrogen) atoms. The Morgan fingerprint density at radius 3 is 2.80 bits per heavy atom. The Morgan fingerprint density at radius 1 is 1.35 bits per heavy atom. The summed E-state index contributed by atoms with van der Waals surface area (Å²) in [6.07, 6.45) is 2.61. The predicted octanol–water partition coefficient (Wildman–Crippen LogP) is 4.20. The van der Waals surface area contributed by atoms with Gasteiger partial charge in [0.05, 0.1) is 10.0 Å². The smallest absolute Gasteiger partial charge is 0.0637 e. The van der Waals surface area contributed by atoms with Gasteiger partial charge in [-0.05, 0) is 57.3 Å². The summed E-state index contributed by atoms with van der Waals surface area (Å²) in [6.45, 7) is 8.77. The molecule has 1 aliphatic heterocycles. The third-order valence-corrected chi connectivity index (χ3v) is 4.88. The van der Waals surface area contributed by atoms with E-state index >= 15 is 0 Å². The van der Waals surface area contributed by atoms with E-state index in [0.717, 1.165) is 37.7 Å². The van der Waals surface area contributed by atoms with Gasteiger partial charge in [-0.15, -0.1) is 0 Å². The molecule has 0 aliphatic carbocycles. The Kier molecular flexibility index (Phi) is 6.16. The Labute approximate surface area is 132 Å². The van der Waals surface area contributed by atoms with Crippen molar-refractivity contribution in [2.24, 2.45) is 5.92 Å². The van der Waals surface area contributed by atoms with Gasteiger partial charge in [-0.25, -0.2) is 0 Å². The fraction of sp³-hybridized carbons (Fsp3) is 0.625. The number of halogens is 2. The highest BCUT2D eigenvalue weighted by atomic mass is 35.5. The lowest BCUT2D eigenvalue weighted by molar-refractivity contribution is 0.164. The molecule has 0 saturated carbocycles. The van der Waals surface area contributed by atoms with Crippen LogP contribution in [-0.2, 0) is 6.54 Å². The molecule has 2 rings (SSSR count). The number of hydrogen-bond donors (Lipinski definition) is 1. The number of nitrogens with one attached hydrogen (secondary N) is 1. The number of hydrogen-bond acceptors (Lipinski definition) is 2. The highest BCUT2D eigenvalue weighted by molar-refractivity contribution is 6.42. The minimum atomic E-state index is 0.506. The van der Waals surface area contributed by atoms with Crippen molar-refractivity contribution in [1.82, 2.24) is 10.2 Å². The molecule has 0 radical (unpaired) electrons. The van der Waals surface area contributed by atoms with E-state index in [0.29, 0.717) is 16.1 Å². The summed E-state index contributed by atoms with van der Waals surface area (Å²) in [5.74, 6) is 0.740. The molecule has 0 bridgehead atoms. The van der Waals surface area contributed by atoms with Gasteiger partial charge in [0.15, 0.2) is 0 Å². The fourth-order valence-corrected chi connectivity index (χ4v) is 3.14. The van der Waals surface area contributed by atoms with Crippen LogP contribution >= 0.6 is 23.2 Å². The zero-order valence-corrected chi connectivity index (χ0v) is 13.8. The number of rotatable bonds is 5. The molecular formula is C16H24Cl2N2. The summed E-state index contributed by atoms with van der Waals surface area (Å²) in [7, 11) is 0. The summed E-state index contributed by atoms with van der Waals surface area (Å²) in [4.78, 5) is 2.50. The predicted molar refractivity (Wildman–Crippen MR) is 87.6 cm³/mol. The lowest BCUT2D eigenvalue weighted by Crippen LogP contribution is -2.40. The van der Waals surface area contributed by atoms with Crippen molar-refractivity contribution in [3.05, 3.63) is 33.8 Å². The number of nitrogens with zero attached hydrogens (tertiary/aromatic N) is 1. The fourth-order valence-electron chi connectivity index (χ4n) is 2.76. The maximum absolute atomic E-state index is 6.31. The van der Waals surface area contributed by atoms with Gasteiger partial charge in [-0.2, -0.15) is 0 Å². The van der Waals surface area contributed by atoms with Crippen molar-refractivity contribution in [3.63, 3.8) is 0 Å². The van der Waals surface area contributed by atoms with Crippen LogP contribution in [0.4, 0.5) is 0 Å². The van der Waals surface area contributed by atoms with Gasteiger partial charge >= 0.3 is 0 Å². The maximum Gasteiger partial charge on any atom is 0.0637 e. The Hall–Kier alpha value is -0.280. The molecule has 4 heteroatoms. The first-order chi connectivity index (χ1) is 9.58. The van der Waals surface area contributed by atoms with Gasteiger partial charge in [0.25, 0.3) is 0 Å². The van der Waals surface area contributed by atoms with Crippen LogP contribution in [-0.4, -0.2) is 30.6 Å². The van der Waals surface area contributed by atoms with Gasteiger partial charge in [-0.3, -0.25) is 4.90 Å². The van der Waals surface area contributed by atoms with Gasteiger partial charge in [-0.1, -0.05) is 35.3 Å². The van der Waals surface area contributed by atoms with E-state index < -0.39 is 0 Å². The van der Waals surface area contributed by atoms with E-state index in [9.17, 15) is 0 Å². The van der Waals surface area contributed by atoms with Crippen molar-refractivity contribution in [2.75, 3.05) is 19.6 Å². The molecule has 1 atom stereocenters. The maximum atomic E-state index is 6.31. The molecule has 1 aromatic carbocycles. The van der Waals surface area contributed by atoms with Crippen LogP contribution in [0.25, 0.3) is 0 Å². The molecule has 1 heterocycles. The Bertz CT molecular complexity index is 428. The van der Waals surface area contributed by atoms with Crippen LogP contribution < -0.4 is 5.32 Å². The molecule has 1 N–H and O–H groups in total. The second-order valence-corrected chi connectivity index (χ2v) is 6.73. The average molecular weight is 315 g/mol. The van der Waals surface area contributed by atoms with E-state index in [1.54, 1.807) is 0 Å². The van der Waals surface area contributed by atoms with Gasteiger partial charge in [0, 0.05) is 19.1 Å². The van der Waals surface area contributed by atoms with Crippen LogP contribution in [0.2, 0.25) is 10.0 Å².